The van der Waals surface area contributed by atoms with E-state index in [0.717, 1.165) is 5.56 Å². The predicted molar refractivity (Wildman–Crippen MR) is 90.6 cm³/mol. The summed E-state index contributed by atoms with van der Waals surface area (Å²) < 4.78 is 10.6. The van der Waals surface area contributed by atoms with Crippen LogP contribution in [-0.2, 0) is 11.3 Å². The molecule has 2 aromatic carbocycles. The van der Waals surface area contributed by atoms with E-state index >= 15 is 0 Å². The average molecular weight is 343 g/mol. The summed E-state index contributed by atoms with van der Waals surface area (Å²) in [6, 6.07) is 11.7. The first-order valence-corrected chi connectivity index (χ1v) is 7.63. The summed E-state index contributed by atoms with van der Waals surface area (Å²) >= 11 is 0. The number of amides is 1. The number of nitro groups is 1. The maximum atomic E-state index is 12.2. The Balaban J connectivity index is 1.59. The highest BCUT2D eigenvalue weighted by atomic mass is 16.7. The Hall–Kier alpha value is -3.13. The van der Waals surface area contributed by atoms with Crippen molar-refractivity contribution in [2.45, 2.75) is 6.54 Å². The first-order valence-electron chi connectivity index (χ1n) is 7.63. The van der Waals surface area contributed by atoms with Crippen molar-refractivity contribution in [1.29, 1.82) is 0 Å². The van der Waals surface area contributed by atoms with Crippen molar-refractivity contribution in [2.24, 2.45) is 0 Å². The molecule has 25 heavy (non-hydrogen) atoms. The lowest BCUT2D eigenvalue weighted by atomic mass is 10.2. The third kappa shape index (κ3) is 4.04. The van der Waals surface area contributed by atoms with Crippen molar-refractivity contribution in [1.82, 2.24) is 4.90 Å². The largest absolute Gasteiger partial charge is 0.454 e. The number of hydrogen-bond acceptors (Lipinski definition) is 6. The smallest absolute Gasteiger partial charge is 0.292 e. The number of nitrogens with one attached hydrogen (secondary N) is 1. The third-order valence-electron chi connectivity index (χ3n) is 3.68. The van der Waals surface area contributed by atoms with Crippen LogP contribution in [0.25, 0.3) is 0 Å². The van der Waals surface area contributed by atoms with E-state index in [1.807, 2.05) is 23.1 Å². The quantitative estimate of drug-likeness (QED) is 0.639. The van der Waals surface area contributed by atoms with Crippen LogP contribution >= 0.6 is 0 Å². The van der Waals surface area contributed by atoms with Crippen molar-refractivity contribution in [3.63, 3.8) is 0 Å². The van der Waals surface area contributed by atoms with Gasteiger partial charge in [-0.25, -0.2) is 0 Å². The van der Waals surface area contributed by atoms with Gasteiger partial charge in [0.25, 0.3) is 5.69 Å². The van der Waals surface area contributed by atoms with Gasteiger partial charge in [0.15, 0.2) is 11.5 Å². The van der Waals surface area contributed by atoms with Crippen LogP contribution in [0.3, 0.4) is 0 Å². The number of ether oxygens (including phenoxy) is 2. The Labute approximate surface area is 144 Å². The molecule has 1 amide bonds. The maximum Gasteiger partial charge on any atom is 0.292 e. The minimum atomic E-state index is -0.522. The van der Waals surface area contributed by atoms with Gasteiger partial charge in [0.2, 0.25) is 12.7 Å². The molecule has 8 heteroatoms. The Kier molecular flexibility index (Phi) is 4.80. The van der Waals surface area contributed by atoms with E-state index in [4.69, 9.17) is 9.47 Å². The van der Waals surface area contributed by atoms with E-state index in [9.17, 15) is 14.9 Å². The molecule has 0 aromatic heterocycles. The monoisotopic (exact) mass is 343 g/mol. The van der Waals surface area contributed by atoms with Gasteiger partial charge in [-0.3, -0.25) is 19.8 Å². The molecule has 0 aliphatic carbocycles. The molecule has 0 saturated carbocycles. The summed E-state index contributed by atoms with van der Waals surface area (Å²) in [7, 11) is 1.80. The molecular formula is C17H17N3O5. The second-order valence-electron chi connectivity index (χ2n) is 5.68. The van der Waals surface area contributed by atoms with Crippen LogP contribution in [0, 0.1) is 10.1 Å². The fraction of sp³-hybridized carbons (Fsp3) is 0.235. The molecule has 8 nitrogen and oxygen atoms in total. The van der Waals surface area contributed by atoms with Gasteiger partial charge in [0, 0.05) is 12.6 Å². The second kappa shape index (κ2) is 7.18. The van der Waals surface area contributed by atoms with Gasteiger partial charge in [-0.1, -0.05) is 18.2 Å². The highest BCUT2D eigenvalue weighted by Crippen LogP contribution is 2.32. The van der Waals surface area contributed by atoms with Crippen molar-refractivity contribution >= 4 is 17.3 Å². The van der Waals surface area contributed by atoms with Crippen molar-refractivity contribution in [3.8, 4) is 11.5 Å². The molecule has 0 bridgehead atoms. The minimum absolute atomic E-state index is 0.0977. The molecule has 1 aliphatic heterocycles. The number of likely N-dealkylation sites (N-methyl/N-ethyl adjacent to an activating group) is 1. The van der Waals surface area contributed by atoms with Crippen molar-refractivity contribution in [2.75, 3.05) is 25.7 Å². The van der Waals surface area contributed by atoms with Crippen molar-refractivity contribution < 1.29 is 19.2 Å². The van der Waals surface area contributed by atoms with Crippen LogP contribution in [0.2, 0.25) is 0 Å². The summed E-state index contributed by atoms with van der Waals surface area (Å²) in [5.74, 6) is 1.08. The Bertz CT molecular complexity index is 809. The molecule has 130 valence electrons. The fourth-order valence-electron chi connectivity index (χ4n) is 2.58. The number of nitrogens with zero attached hydrogens (tertiary/aromatic N) is 2. The molecular weight excluding hydrogens is 326 g/mol. The Morgan fingerprint density at radius 2 is 2.00 bits per heavy atom. The molecule has 2 aromatic rings. The summed E-state index contributed by atoms with van der Waals surface area (Å²) in [5, 5.41) is 13.6. The molecule has 3 rings (SSSR count). The summed E-state index contributed by atoms with van der Waals surface area (Å²) in [6.07, 6.45) is 0. The number of carbonyl (C=O) groups is 1. The van der Waals surface area contributed by atoms with Gasteiger partial charge in [0.1, 0.15) is 5.69 Å². The van der Waals surface area contributed by atoms with E-state index in [1.165, 1.54) is 12.1 Å². The Morgan fingerprint density at radius 3 is 2.80 bits per heavy atom. The molecule has 0 atom stereocenters. The lowest BCUT2D eigenvalue weighted by Crippen LogP contribution is -2.30. The third-order valence-corrected chi connectivity index (χ3v) is 3.68. The average Bonchev–Trinajstić information content (AvgIpc) is 3.02. The van der Waals surface area contributed by atoms with Crippen LogP contribution < -0.4 is 14.8 Å². The standard InChI is InChI=1S/C17H17N3O5/c1-19(9-12-6-7-15-16(8-12)25-11-24-15)10-17(21)18-13-4-2-3-5-14(13)20(22)23/h2-8H,9-11H2,1H3,(H,18,21). The van der Waals surface area contributed by atoms with E-state index in [2.05, 4.69) is 5.32 Å². The van der Waals surface area contributed by atoms with Crippen LogP contribution in [0.1, 0.15) is 5.56 Å². The molecule has 1 aliphatic rings. The summed E-state index contributed by atoms with van der Waals surface area (Å²) in [4.78, 5) is 24.4. The molecule has 0 radical (unpaired) electrons. The normalized spacial score (nSPS) is 12.2. The van der Waals surface area contributed by atoms with E-state index in [-0.39, 0.29) is 30.6 Å². The molecule has 0 spiro atoms. The van der Waals surface area contributed by atoms with Gasteiger partial charge in [-0.15, -0.1) is 0 Å². The van der Waals surface area contributed by atoms with Gasteiger partial charge in [-0.2, -0.15) is 0 Å². The van der Waals surface area contributed by atoms with Gasteiger partial charge in [0.05, 0.1) is 11.5 Å². The van der Waals surface area contributed by atoms with E-state index in [1.54, 1.807) is 19.2 Å². The zero-order chi connectivity index (χ0) is 17.8. The molecule has 0 saturated heterocycles. The van der Waals surface area contributed by atoms with Gasteiger partial charge >= 0.3 is 0 Å². The van der Waals surface area contributed by atoms with E-state index in [0.29, 0.717) is 18.0 Å². The zero-order valence-corrected chi connectivity index (χ0v) is 13.6. The summed E-state index contributed by atoms with van der Waals surface area (Å²) in [6.45, 7) is 0.842. The Morgan fingerprint density at radius 1 is 1.24 bits per heavy atom. The number of nitro benzene ring substituents is 1. The first kappa shape index (κ1) is 16.7. The number of rotatable bonds is 6. The SMILES string of the molecule is CN(CC(=O)Nc1ccccc1[N+](=O)[O-])Cc1ccc2c(c1)OCO2. The number of fused-ring (bicyclic) bond motifs is 1. The first-order chi connectivity index (χ1) is 12.0. The molecule has 1 N–H and O–H groups in total. The van der Waals surface area contributed by atoms with Gasteiger partial charge in [-0.05, 0) is 30.8 Å². The lowest BCUT2D eigenvalue weighted by Gasteiger charge is -2.16. The van der Waals surface area contributed by atoms with Crippen molar-refractivity contribution in [3.05, 3.63) is 58.1 Å². The molecule has 0 unspecified atom stereocenters. The topological polar surface area (TPSA) is 93.9 Å². The minimum Gasteiger partial charge on any atom is -0.454 e. The molecule has 1 heterocycles. The second-order valence-corrected chi connectivity index (χ2v) is 5.68. The highest BCUT2D eigenvalue weighted by Gasteiger charge is 2.17. The number of para-hydroxylation sites is 2. The predicted octanol–water partition coefficient (Wildman–Crippen LogP) is 2.39. The fourth-order valence-corrected chi connectivity index (χ4v) is 2.58. The zero-order valence-electron chi connectivity index (χ0n) is 13.6. The van der Waals surface area contributed by atoms with Crippen LogP contribution in [-0.4, -0.2) is 36.1 Å². The maximum absolute atomic E-state index is 12.2. The lowest BCUT2D eigenvalue weighted by molar-refractivity contribution is -0.383. The number of anilines is 1. The number of carbonyl (C=O) groups excluding carboxylic acids is 1. The molecule has 0 fully saturated rings. The van der Waals surface area contributed by atoms with Crippen LogP contribution in [0.15, 0.2) is 42.5 Å². The van der Waals surface area contributed by atoms with Crippen LogP contribution in [0.4, 0.5) is 11.4 Å². The number of benzene rings is 2. The highest BCUT2D eigenvalue weighted by molar-refractivity contribution is 5.94. The summed E-state index contributed by atoms with van der Waals surface area (Å²) in [5.41, 5.74) is 1.04. The van der Waals surface area contributed by atoms with E-state index < -0.39 is 4.92 Å². The van der Waals surface area contributed by atoms with Gasteiger partial charge < -0.3 is 14.8 Å². The number of hydrogen-bond donors (Lipinski definition) is 1. The van der Waals surface area contributed by atoms with Crippen LogP contribution in [0.5, 0.6) is 11.5 Å².